The van der Waals surface area contributed by atoms with E-state index in [1.807, 2.05) is 170 Å². The Balaban J connectivity index is 0.000000127. The van der Waals surface area contributed by atoms with Crippen molar-refractivity contribution >= 4 is 87.8 Å². The molecule has 0 unspecified atom stereocenters. The Hall–Kier alpha value is -15.7. The molecule has 0 aliphatic heterocycles. The number of anilines is 6. The maximum atomic E-state index is 9.96. The van der Waals surface area contributed by atoms with E-state index in [-0.39, 0.29) is 7.43 Å². The van der Waals surface area contributed by atoms with Gasteiger partial charge in [0, 0.05) is 110 Å². The third kappa shape index (κ3) is 19.8. The zero-order valence-corrected chi connectivity index (χ0v) is 72.9. The van der Waals surface area contributed by atoms with Gasteiger partial charge in [-0.2, -0.15) is 0 Å². The van der Waals surface area contributed by atoms with Crippen molar-refractivity contribution in [3.63, 3.8) is 0 Å². The van der Waals surface area contributed by atoms with Crippen molar-refractivity contribution in [3.05, 3.63) is 499 Å². The molecule has 0 atom stereocenters. The predicted octanol–water partition coefficient (Wildman–Crippen LogP) is 32.5. The molecule has 0 amide bonds. The van der Waals surface area contributed by atoms with E-state index in [1.54, 1.807) is 0 Å². The summed E-state index contributed by atoms with van der Waals surface area (Å²) in [6.07, 6.45) is 1.03. The monoisotopic (exact) mass is 1800 g/mol. The number of nitrogens with zero attached hydrogens (tertiary/aromatic N) is 9. The number of hydrogen-bond donors (Lipinski definition) is 0. The molecule has 22 rings (SSSR count). The summed E-state index contributed by atoms with van der Waals surface area (Å²) < 4.78 is 20.0. The average molecular weight is 1800 g/mol. The van der Waals surface area contributed by atoms with Crippen molar-refractivity contribution < 1.29 is 5.76 Å². The zero-order chi connectivity index (χ0) is 87.5. The van der Waals surface area contributed by atoms with Crippen molar-refractivity contribution in [2.45, 2.75) is 13.8 Å². The Morgan fingerprint density at radius 1 is 0.248 bits per heavy atom. The summed E-state index contributed by atoms with van der Waals surface area (Å²) in [7, 11) is -1.00. The van der Waals surface area contributed by atoms with Crippen LogP contribution in [0.5, 0.6) is 0 Å². The minimum atomic E-state index is -1.00. The van der Waals surface area contributed by atoms with Gasteiger partial charge in [0.05, 0.1) is 53.7 Å². The first kappa shape index (κ1) is 84.1. The summed E-state index contributed by atoms with van der Waals surface area (Å²) in [6.45, 7) is 0. The molecule has 622 valence electrons. The van der Waals surface area contributed by atoms with E-state index >= 15 is 0 Å². The second kappa shape index (κ2) is 40.9. The zero-order valence-electron chi connectivity index (χ0n) is 70.7. The topological polar surface area (TPSA) is 88.8 Å². The molecule has 0 N–H and O–H groups in total. The van der Waals surface area contributed by atoms with Crippen molar-refractivity contribution in [2.75, 3.05) is 17.0 Å². The summed E-state index contributed by atoms with van der Waals surface area (Å²) in [5, 5.41) is 2.42. The summed E-state index contributed by atoms with van der Waals surface area (Å²) in [6, 6.07) is 166. The van der Waals surface area contributed by atoms with E-state index in [2.05, 4.69) is 356 Å². The quantitative estimate of drug-likeness (QED) is 0.0945. The van der Waals surface area contributed by atoms with Gasteiger partial charge < -0.3 is 14.4 Å². The molecule has 17 aromatic carbocycles. The third-order valence-corrected chi connectivity index (χ3v) is 23.3. The first-order valence-electron chi connectivity index (χ1n) is 42.9. The van der Waals surface area contributed by atoms with Crippen LogP contribution in [-0.4, -0.2) is 41.6 Å². The average Bonchev–Trinajstić information content (AvgIpc) is 1.58. The summed E-state index contributed by atoms with van der Waals surface area (Å²) in [4.78, 5) is 33.8. The molecule has 1 aliphatic carbocycles. The van der Waals surface area contributed by atoms with E-state index < -0.39 is 7.15 Å². The molecule has 0 saturated heterocycles. The summed E-state index contributed by atoms with van der Waals surface area (Å²) >= 11 is 6.98. The first-order valence-corrected chi connectivity index (χ1v) is 43.8. The standard InChI is InChI=1S/C46H32N4.C25H19N.2C22H15BrN2.CH3F.CH4/c1-5-15-33(16-6-1)42-32-43(48-46(47-42)35-17-7-2-8-18-35)34-25-27-38(28-26-34)50-44-24-14-13-23-40(44)41-31-39(29-30-45(41)50)49(36-19-9-3-10-20-36)37-21-11-4-12-22-37;1-3-10-21(11-4-1)26(22-12-5-2-6-13-22)23-16-15-20-17-19-9-7-8-14-24(19)25(20)18-23;2*23-19-13-11-17(12-14-19)21-15-20(16-7-3-1-4-8-16)24-22(25-21)18-9-5-2-6-10-18;1-2;/h1-32H;1-16,18H,17H2;2*1-15H;1H3;1H4/i;;;;1D;. The molecule has 4 aromatic heterocycles. The molecule has 0 fully saturated rings. The molecule has 0 spiro atoms. The van der Waals surface area contributed by atoms with Crippen molar-refractivity contribution in [2.24, 2.45) is 0 Å². The van der Waals surface area contributed by atoms with Crippen molar-refractivity contribution in [1.82, 2.24) is 34.5 Å². The Kier molecular flexibility index (Phi) is 26.7. The van der Waals surface area contributed by atoms with Gasteiger partial charge in [0.1, 0.15) is 0 Å². The van der Waals surface area contributed by atoms with Gasteiger partial charge in [0.15, 0.2) is 17.5 Å². The minimum absolute atomic E-state index is 0. The van der Waals surface area contributed by atoms with E-state index in [0.29, 0.717) is 5.82 Å². The minimum Gasteiger partial charge on any atom is -0.310 e. The molecule has 0 bridgehead atoms. The Bertz CT molecular complexity index is 6870. The lowest BCUT2D eigenvalue weighted by Gasteiger charge is -2.26. The fourth-order valence-electron chi connectivity index (χ4n) is 16.1. The number of aromatic nitrogens is 7. The SMILES string of the molecule is Brc1ccc(-c2cc(-c3ccccc3)nc(-c3ccccc3)n2)cc1.Brc1ccc(-c2cc(-c3ccccc3)nc(-c3ccccc3)n2)cc1.C.[2H]CF.c1ccc(-c2cc(-c3ccc(-n4c5ccccc5c5cc(N(c6ccccc6)c6ccccc6)ccc54)cc3)nc(-c3ccccc3)n2)cc1.c1ccc(N(c2ccccc2)c2ccc3c(c2)-c2ccccc2C3)cc1. The Labute approximate surface area is 771 Å². The van der Waals surface area contributed by atoms with Gasteiger partial charge in [0.2, 0.25) is 0 Å². The molecule has 129 heavy (non-hydrogen) atoms. The smallest absolute Gasteiger partial charge is 0.160 e. The second-order valence-electron chi connectivity index (χ2n) is 30.4. The van der Waals surface area contributed by atoms with Crippen LogP contribution in [0.25, 0.3) is 140 Å². The van der Waals surface area contributed by atoms with Crippen LogP contribution < -0.4 is 9.80 Å². The molecule has 4 heterocycles. The van der Waals surface area contributed by atoms with Crippen molar-refractivity contribution in [1.29, 1.82) is 0 Å². The second-order valence-corrected chi connectivity index (χ2v) is 32.2. The maximum absolute atomic E-state index is 9.96. The molecule has 21 aromatic rings. The number of fused-ring (bicyclic) bond motifs is 6. The maximum Gasteiger partial charge on any atom is 0.160 e. The number of benzene rings is 17. The highest BCUT2D eigenvalue weighted by atomic mass is 79.9. The van der Waals surface area contributed by atoms with Crippen LogP contribution in [0, 0.1) is 0 Å². The summed E-state index contributed by atoms with van der Waals surface area (Å²) in [5.74, 6) is 2.18. The van der Waals surface area contributed by atoms with Crippen LogP contribution in [0.4, 0.5) is 38.5 Å². The number of para-hydroxylation sites is 5. The van der Waals surface area contributed by atoms with E-state index in [4.69, 9.17) is 31.3 Å². The number of alkyl halides is 1. The predicted molar refractivity (Wildman–Crippen MR) is 543 cm³/mol. The Morgan fingerprint density at radius 3 is 0.884 bits per heavy atom. The van der Waals surface area contributed by atoms with Crippen LogP contribution in [0.3, 0.4) is 0 Å². The van der Waals surface area contributed by atoms with Gasteiger partial charge in [-0.15, -0.1) is 0 Å². The van der Waals surface area contributed by atoms with Gasteiger partial charge >= 0.3 is 0 Å². The van der Waals surface area contributed by atoms with E-state index in [1.165, 1.54) is 50.1 Å². The first-order chi connectivity index (χ1) is 63.7. The van der Waals surface area contributed by atoms with Crippen LogP contribution in [0.15, 0.2) is 488 Å². The van der Waals surface area contributed by atoms with Gasteiger partial charge in [-0.05, 0) is 168 Å². The van der Waals surface area contributed by atoms with Crippen molar-refractivity contribution in [3.8, 4) is 119 Å². The van der Waals surface area contributed by atoms with Gasteiger partial charge in [-0.1, -0.05) is 379 Å². The largest absolute Gasteiger partial charge is 0.310 e. The molecule has 0 saturated carbocycles. The lowest BCUT2D eigenvalue weighted by Crippen LogP contribution is -2.09. The van der Waals surface area contributed by atoms with Crippen LogP contribution in [0.1, 0.15) is 19.9 Å². The highest BCUT2D eigenvalue weighted by Crippen LogP contribution is 2.45. The van der Waals surface area contributed by atoms with Gasteiger partial charge in [0.25, 0.3) is 0 Å². The normalized spacial score (nSPS) is 11.0. The van der Waals surface area contributed by atoms with E-state index in [9.17, 15) is 4.39 Å². The molecule has 0 radical (unpaired) electrons. The number of rotatable bonds is 16. The number of halogens is 3. The molecule has 12 heteroatoms. The fraction of sp³-hybridized carbons (Fsp3) is 0.0256. The molecule has 9 nitrogen and oxygen atoms in total. The van der Waals surface area contributed by atoms with E-state index in [0.717, 1.165) is 145 Å². The number of hydrogen-bond acceptors (Lipinski definition) is 8. The summed E-state index contributed by atoms with van der Waals surface area (Å²) in [5.41, 5.74) is 30.7. The molecular weight excluding hydrogens is 1710 g/mol. The highest BCUT2D eigenvalue weighted by molar-refractivity contribution is 9.10. The fourth-order valence-corrected chi connectivity index (χ4v) is 16.6. The molecular formula is C117H88Br2FN9. The lowest BCUT2D eigenvalue weighted by molar-refractivity contribution is 0.636. The third-order valence-electron chi connectivity index (χ3n) is 22.2. The Morgan fingerprint density at radius 2 is 0.519 bits per heavy atom. The van der Waals surface area contributed by atoms with Crippen LogP contribution in [0.2, 0.25) is 0 Å². The van der Waals surface area contributed by atoms with Crippen LogP contribution in [-0.2, 0) is 6.42 Å². The molecule has 1 aliphatic rings. The van der Waals surface area contributed by atoms with Crippen LogP contribution >= 0.6 is 31.9 Å². The van der Waals surface area contributed by atoms with Gasteiger partial charge in [-0.25, -0.2) is 29.9 Å². The van der Waals surface area contributed by atoms with Gasteiger partial charge in [-0.3, -0.25) is 4.39 Å². The highest BCUT2D eigenvalue weighted by Gasteiger charge is 2.23. The lowest BCUT2D eigenvalue weighted by atomic mass is 10.0.